The van der Waals surface area contributed by atoms with Crippen molar-refractivity contribution < 1.29 is 9.47 Å². The molecular formula is C27H22BrN5O3. The molecule has 0 saturated carbocycles. The summed E-state index contributed by atoms with van der Waals surface area (Å²) in [6.07, 6.45) is 1.56. The Balaban J connectivity index is 1.55. The molecule has 1 heterocycles. The van der Waals surface area contributed by atoms with Crippen molar-refractivity contribution in [1.29, 1.82) is 5.26 Å². The number of aromatic nitrogens is 2. The predicted molar refractivity (Wildman–Crippen MR) is 142 cm³/mol. The molecule has 0 saturated heterocycles. The lowest BCUT2D eigenvalue weighted by Gasteiger charge is -2.14. The molecule has 3 aromatic carbocycles. The summed E-state index contributed by atoms with van der Waals surface area (Å²) in [5.74, 6) is 1.28. The van der Waals surface area contributed by atoms with Crippen molar-refractivity contribution in [3.63, 3.8) is 0 Å². The summed E-state index contributed by atoms with van der Waals surface area (Å²) in [7, 11) is 0. The highest BCUT2D eigenvalue weighted by molar-refractivity contribution is 9.10. The Morgan fingerprint density at radius 3 is 2.53 bits per heavy atom. The maximum Gasteiger partial charge on any atom is 0.270 e. The van der Waals surface area contributed by atoms with Crippen LogP contribution in [0.25, 0.3) is 11.3 Å². The number of aromatic amines is 1. The highest BCUT2D eigenvalue weighted by atomic mass is 79.9. The van der Waals surface area contributed by atoms with E-state index in [1.807, 2.05) is 73.7 Å². The van der Waals surface area contributed by atoms with Crippen LogP contribution >= 0.6 is 15.9 Å². The summed E-state index contributed by atoms with van der Waals surface area (Å²) in [6.45, 7) is 2.76. The van der Waals surface area contributed by atoms with E-state index in [0.29, 0.717) is 34.7 Å². The summed E-state index contributed by atoms with van der Waals surface area (Å²) < 4.78 is 12.5. The van der Waals surface area contributed by atoms with Crippen molar-refractivity contribution in [2.75, 3.05) is 12.0 Å². The molecule has 8 nitrogen and oxygen atoms in total. The first-order chi connectivity index (χ1) is 17.6. The van der Waals surface area contributed by atoms with Gasteiger partial charge in [-0.25, -0.2) is 10.4 Å². The summed E-state index contributed by atoms with van der Waals surface area (Å²) in [4.78, 5) is 19.3. The maximum absolute atomic E-state index is 12.4. The Morgan fingerprint density at radius 2 is 1.83 bits per heavy atom. The van der Waals surface area contributed by atoms with Crippen LogP contribution in [-0.2, 0) is 6.61 Å². The smallest absolute Gasteiger partial charge is 0.270 e. The summed E-state index contributed by atoms with van der Waals surface area (Å²) in [5, 5.41) is 13.6. The number of hydrazone groups is 1. The van der Waals surface area contributed by atoms with Crippen LogP contribution in [-0.4, -0.2) is 22.8 Å². The molecule has 0 aliphatic rings. The standard InChI is InChI=1S/C27H22BrN5O3/c1-2-35-23-14-19(13-22(28)25(23)36-17-18-9-5-3-6-10-18)16-30-33-27-31-24(20-11-7-4-8-12-20)21(15-29)26(34)32-27/h3-14,16H,2,17H2,1H3,(H2,31,32,33,34). The van der Waals surface area contributed by atoms with Crippen LogP contribution in [0.2, 0.25) is 0 Å². The zero-order chi connectivity index (χ0) is 25.3. The van der Waals surface area contributed by atoms with E-state index in [2.05, 4.69) is 36.4 Å². The molecule has 0 unspecified atom stereocenters. The second-order valence-electron chi connectivity index (χ2n) is 7.52. The van der Waals surface area contributed by atoms with Crippen LogP contribution in [0.5, 0.6) is 11.5 Å². The van der Waals surface area contributed by atoms with Crippen molar-refractivity contribution in [3.05, 3.63) is 104 Å². The molecule has 0 atom stereocenters. The minimum absolute atomic E-state index is 0.0629. The van der Waals surface area contributed by atoms with Gasteiger partial charge in [-0.1, -0.05) is 60.7 Å². The highest BCUT2D eigenvalue weighted by Gasteiger charge is 2.14. The zero-order valence-electron chi connectivity index (χ0n) is 19.4. The van der Waals surface area contributed by atoms with E-state index in [4.69, 9.17) is 9.47 Å². The molecule has 2 N–H and O–H groups in total. The lowest BCUT2D eigenvalue weighted by molar-refractivity contribution is 0.267. The van der Waals surface area contributed by atoms with Crippen LogP contribution < -0.4 is 20.5 Å². The third kappa shape index (κ3) is 5.98. The maximum atomic E-state index is 12.4. The predicted octanol–water partition coefficient (Wildman–Crippen LogP) is 5.49. The average Bonchev–Trinajstić information content (AvgIpc) is 2.89. The van der Waals surface area contributed by atoms with Gasteiger partial charge in [-0.3, -0.25) is 9.78 Å². The third-order valence-electron chi connectivity index (χ3n) is 5.02. The fraction of sp³-hybridized carbons (Fsp3) is 0.111. The van der Waals surface area contributed by atoms with Crippen molar-refractivity contribution in [2.24, 2.45) is 5.10 Å². The number of halogens is 1. The summed E-state index contributed by atoms with van der Waals surface area (Å²) in [5.41, 5.74) is 4.82. The molecule has 180 valence electrons. The zero-order valence-corrected chi connectivity index (χ0v) is 21.0. The molecule has 9 heteroatoms. The van der Waals surface area contributed by atoms with Gasteiger partial charge in [0.25, 0.3) is 5.56 Å². The minimum atomic E-state index is -0.551. The molecular weight excluding hydrogens is 522 g/mol. The van der Waals surface area contributed by atoms with Crippen molar-refractivity contribution in [3.8, 4) is 28.8 Å². The molecule has 0 amide bonds. The number of hydrogen-bond acceptors (Lipinski definition) is 7. The number of nitrogens with one attached hydrogen (secondary N) is 2. The number of nitriles is 1. The van der Waals surface area contributed by atoms with Gasteiger partial charge < -0.3 is 9.47 Å². The number of anilines is 1. The molecule has 1 aromatic heterocycles. The Bertz CT molecular complexity index is 1460. The van der Waals surface area contributed by atoms with Gasteiger partial charge in [-0.2, -0.15) is 10.4 Å². The first-order valence-electron chi connectivity index (χ1n) is 11.1. The van der Waals surface area contributed by atoms with E-state index in [9.17, 15) is 10.1 Å². The molecule has 36 heavy (non-hydrogen) atoms. The average molecular weight is 544 g/mol. The van der Waals surface area contributed by atoms with Crippen molar-refractivity contribution >= 4 is 28.1 Å². The topological polar surface area (TPSA) is 112 Å². The number of rotatable bonds is 9. The Hall–Kier alpha value is -4.42. The van der Waals surface area contributed by atoms with Crippen LogP contribution in [0.4, 0.5) is 5.95 Å². The Labute approximate surface area is 216 Å². The molecule has 4 rings (SSSR count). The molecule has 0 spiro atoms. The SMILES string of the molecule is CCOc1cc(C=NNc2nc(-c3ccccc3)c(C#N)c(=O)[nH]2)cc(Br)c1OCc1ccccc1. The number of nitrogens with zero attached hydrogens (tertiary/aromatic N) is 3. The van der Waals surface area contributed by atoms with Crippen molar-refractivity contribution in [1.82, 2.24) is 9.97 Å². The quantitative estimate of drug-likeness (QED) is 0.213. The second-order valence-corrected chi connectivity index (χ2v) is 8.38. The normalized spacial score (nSPS) is 10.7. The van der Waals surface area contributed by atoms with Gasteiger partial charge in [0.15, 0.2) is 11.5 Å². The monoisotopic (exact) mass is 543 g/mol. The molecule has 0 fully saturated rings. The third-order valence-corrected chi connectivity index (χ3v) is 5.61. The lowest BCUT2D eigenvalue weighted by Crippen LogP contribution is -2.16. The van der Waals surface area contributed by atoms with E-state index >= 15 is 0 Å². The first-order valence-corrected chi connectivity index (χ1v) is 11.9. The Morgan fingerprint density at radius 1 is 1.11 bits per heavy atom. The van der Waals surface area contributed by atoms with E-state index in [0.717, 1.165) is 11.1 Å². The van der Waals surface area contributed by atoms with Gasteiger partial charge in [-0.15, -0.1) is 0 Å². The first kappa shape index (κ1) is 24.7. The van der Waals surface area contributed by atoms with Gasteiger partial charge in [0.05, 0.1) is 23.0 Å². The number of hydrogen-bond donors (Lipinski definition) is 2. The van der Waals surface area contributed by atoms with Crippen LogP contribution in [0, 0.1) is 11.3 Å². The van der Waals surface area contributed by atoms with E-state index in [-0.39, 0.29) is 17.2 Å². The number of benzene rings is 3. The molecule has 0 bridgehead atoms. The van der Waals surface area contributed by atoms with Gasteiger partial charge in [0.1, 0.15) is 18.2 Å². The second kappa shape index (κ2) is 11.8. The van der Waals surface area contributed by atoms with Gasteiger partial charge in [-0.05, 0) is 46.1 Å². The van der Waals surface area contributed by atoms with E-state index in [1.54, 1.807) is 18.3 Å². The van der Waals surface area contributed by atoms with Crippen LogP contribution in [0.1, 0.15) is 23.6 Å². The van der Waals surface area contributed by atoms with E-state index in [1.165, 1.54) is 0 Å². The molecule has 4 aromatic rings. The fourth-order valence-electron chi connectivity index (χ4n) is 3.40. The van der Waals surface area contributed by atoms with Gasteiger partial charge in [0.2, 0.25) is 5.95 Å². The fourth-order valence-corrected chi connectivity index (χ4v) is 3.97. The van der Waals surface area contributed by atoms with Crippen LogP contribution in [0.15, 0.2) is 87.2 Å². The molecule has 0 aliphatic carbocycles. The summed E-state index contributed by atoms with van der Waals surface area (Å²) >= 11 is 3.56. The number of ether oxygens (including phenoxy) is 2. The van der Waals surface area contributed by atoms with E-state index < -0.39 is 5.56 Å². The largest absolute Gasteiger partial charge is 0.490 e. The highest BCUT2D eigenvalue weighted by Crippen LogP contribution is 2.37. The lowest BCUT2D eigenvalue weighted by atomic mass is 10.1. The number of H-pyrrole nitrogens is 1. The minimum Gasteiger partial charge on any atom is -0.490 e. The van der Waals surface area contributed by atoms with Crippen molar-refractivity contribution in [2.45, 2.75) is 13.5 Å². The van der Waals surface area contributed by atoms with Gasteiger partial charge in [0, 0.05) is 5.56 Å². The van der Waals surface area contributed by atoms with Gasteiger partial charge >= 0.3 is 0 Å². The molecule has 0 aliphatic heterocycles. The summed E-state index contributed by atoms with van der Waals surface area (Å²) in [6, 6.07) is 24.5. The molecule has 0 radical (unpaired) electrons. The Kier molecular flexibility index (Phi) is 8.11. The van der Waals surface area contributed by atoms with Crippen LogP contribution in [0.3, 0.4) is 0 Å².